The van der Waals surface area contributed by atoms with Crippen LogP contribution >= 0.6 is 0 Å². The van der Waals surface area contributed by atoms with Crippen LogP contribution < -0.4 is 9.64 Å². The first-order valence-electron chi connectivity index (χ1n) is 6.72. The first kappa shape index (κ1) is 12.7. The molecule has 2 heterocycles. The maximum atomic E-state index is 11.3. The molecule has 4 heteroatoms. The molecule has 1 aliphatic heterocycles. The summed E-state index contributed by atoms with van der Waals surface area (Å²) in [4.78, 5) is 17.9. The highest BCUT2D eigenvalue weighted by atomic mass is 16.5. The number of aromatic nitrogens is 1. The molecular formula is C16H16N2O2. The summed E-state index contributed by atoms with van der Waals surface area (Å²) in [5, 5.41) is 0. The fourth-order valence-corrected chi connectivity index (χ4v) is 2.32. The van der Waals surface area contributed by atoms with Gasteiger partial charge in [-0.3, -0.25) is 4.79 Å². The minimum absolute atomic E-state index is 0.0312. The number of carbonyl (C=O) groups excluding carboxylic acids is 1. The zero-order valence-electron chi connectivity index (χ0n) is 11.4. The molecule has 0 bridgehead atoms. The molecule has 0 radical (unpaired) electrons. The number of Topliss-reactive ketones (excluding diaryl/α,β-unsaturated/α-hetero) is 1. The van der Waals surface area contributed by atoms with Crippen molar-refractivity contribution in [1.29, 1.82) is 0 Å². The van der Waals surface area contributed by atoms with Gasteiger partial charge in [0.1, 0.15) is 11.6 Å². The van der Waals surface area contributed by atoms with Crippen molar-refractivity contribution in [2.24, 2.45) is 0 Å². The summed E-state index contributed by atoms with van der Waals surface area (Å²) in [6.07, 6.45) is 2.57. The zero-order chi connectivity index (χ0) is 13.9. The van der Waals surface area contributed by atoms with Crippen molar-refractivity contribution in [2.75, 3.05) is 18.1 Å². The summed E-state index contributed by atoms with van der Waals surface area (Å²) in [5.74, 6) is 1.75. The molecule has 0 fully saturated rings. The molecule has 0 N–H and O–H groups in total. The summed E-state index contributed by atoms with van der Waals surface area (Å²) in [6.45, 7) is 3.11. The van der Waals surface area contributed by atoms with Crippen molar-refractivity contribution in [3.05, 3.63) is 48.2 Å². The van der Waals surface area contributed by atoms with Gasteiger partial charge in [-0.1, -0.05) is 12.1 Å². The Morgan fingerprint density at radius 2 is 2.10 bits per heavy atom. The Balaban J connectivity index is 1.98. The average Bonchev–Trinajstić information content (AvgIpc) is 2.69. The third-order valence-corrected chi connectivity index (χ3v) is 3.37. The molecule has 1 aromatic heterocycles. The van der Waals surface area contributed by atoms with Crippen LogP contribution in [0, 0.1) is 0 Å². The van der Waals surface area contributed by atoms with E-state index in [2.05, 4.69) is 9.88 Å². The van der Waals surface area contributed by atoms with Crippen molar-refractivity contribution in [3.8, 4) is 5.75 Å². The normalized spacial score (nSPS) is 14.2. The molecule has 0 saturated heterocycles. The van der Waals surface area contributed by atoms with Gasteiger partial charge in [0, 0.05) is 18.3 Å². The van der Waals surface area contributed by atoms with E-state index in [1.807, 2.05) is 36.4 Å². The van der Waals surface area contributed by atoms with E-state index in [9.17, 15) is 4.79 Å². The van der Waals surface area contributed by atoms with E-state index in [1.54, 1.807) is 13.1 Å². The molecule has 20 heavy (non-hydrogen) atoms. The Hall–Kier alpha value is -2.36. The van der Waals surface area contributed by atoms with Gasteiger partial charge in [-0.25, -0.2) is 4.98 Å². The van der Waals surface area contributed by atoms with Gasteiger partial charge in [0.25, 0.3) is 0 Å². The third-order valence-electron chi connectivity index (χ3n) is 3.37. The second kappa shape index (κ2) is 5.33. The van der Waals surface area contributed by atoms with E-state index in [-0.39, 0.29) is 5.78 Å². The topological polar surface area (TPSA) is 42.4 Å². The van der Waals surface area contributed by atoms with Gasteiger partial charge in [0.2, 0.25) is 0 Å². The smallest absolute Gasteiger partial charge is 0.161 e. The van der Waals surface area contributed by atoms with Crippen LogP contribution in [0.1, 0.15) is 23.7 Å². The molecular weight excluding hydrogens is 252 g/mol. The van der Waals surface area contributed by atoms with Gasteiger partial charge in [-0.2, -0.15) is 0 Å². The van der Waals surface area contributed by atoms with Gasteiger partial charge < -0.3 is 9.64 Å². The zero-order valence-corrected chi connectivity index (χ0v) is 11.4. The largest absolute Gasteiger partial charge is 0.491 e. The van der Waals surface area contributed by atoms with E-state index in [0.717, 1.165) is 30.2 Å². The maximum absolute atomic E-state index is 11.3. The molecule has 0 aliphatic carbocycles. The quantitative estimate of drug-likeness (QED) is 0.784. The molecule has 1 aliphatic rings. The van der Waals surface area contributed by atoms with E-state index < -0.39 is 0 Å². The third kappa shape index (κ3) is 2.37. The number of hydrogen-bond donors (Lipinski definition) is 0. The van der Waals surface area contributed by atoms with Crippen LogP contribution in [0.5, 0.6) is 5.75 Å². The highest BCUT2D eigenvalue weighted by molar-refractivity contribution is 5.93. The number of nitrogens with zero attached hydrogens (tertiary/aromatic N) is 2. The van der Waals surface area contributed by atoms with Crippen molar-refractivity contribution >= 4 is 17.3 Å². The number of benzene rings is 1. The summed E-state index contributed by atoms with van der Waals surface area (Å²) < 4.78 is 5.74. The summed E-state index contributed by atoms with van der Waals surface area (Å²) in [5.41, 5.74) is 1.65. The van der Waals surface area contributed by atoms with E-state index in [1.165, 1.54) is 0 Å². The Morgan fingerprint density at radius 3 is 2.85 bits per heavy atom. The van der Waals surface area contributed by atoms with Crippen LogP contribution in [0.4, 0.5) is 11.5 Å². The molecule has 0 atom stereocenters. The van der Waals surface area contributed by atoms with Gasteiger partial charge in [-0.15, -0.1) is 0 Å². The molecule has 0 amide bonds. The van der Waals surface area contributed by atoms with Gasteiger partial charge in [0.15, 0.2) is 5.78 Å². The fourth-order valence-electron chi connectivity index (χ4n) is 2.32. The summed E-state index contributed by atoms with van der Waals surface area (Å²) in [7, 11) is 0. The molecule has 0 spiro atoms. The lowest BCUT2D eigenvalue weighted by Gasteiger charge is -2.22. The first-order chi connectivity index (χ1) is 9.75. The Labute approximate surface area is 118 Å². The maximum Gasteiger partial charge on any atom is 0.161 e. The van der Waals surface area contributed by atoms with Crippen molar-refractivity contribution in [2.45, 2.75) is 13.3 Å². The second-order valence-corrected chi connectivity index (χ2v) is 4.78. The standard InChI is InChI=1S/C16H16N2O2/c1-12(19)13-7-8-16(17-11-13)18-9-4-10-20-15-6-3-2-5-14(15)18/h2-3,5-8,11H,4,9-10H2,1H3. The Kier molecular flexibility index (Phi) is 3.37. The van der Waals surface area contributed by atoms with Crippen molar-refractivity contribution < 1.29 is 9.53 Å². The number of anilines is 2. The number of para-hydroxylation sites is 2. The minimum Gasteiger partial charge on any atom is -0.491 e. The van der Waals surface area contributed by atoms with Crippen LogP contribution in [0.3, 0.4) is 0 Å². The van der Waals surface area contributed by atoms with Crippen LogP contribution in [0.2, 0.25) is 0 Å². The first-order valence-corrected chi connectivity index (χ1v) is 6.72. The van der Waals surface area contributed by atoms with Gasteiger partial charge in [0.05, 0.1) is 12.3 Å². The van der Waals surface area contributed by atoms with Crippen molar-refractivity contribution in [3.63, 3.8) is 0 Å². The highest BCUT2D eigenvalue weighted by Gasteiger charge is 2.18. The number of ketones is 1. The molecule has 4 nitrogen and oxygen atoms in total. The van der Waals surface area contributed by atoms with Crippen LogP contribution in [0.15, 0.2) is 42.6 Å². The van der Waals surface area contributed by atoms with Crippen LogP contribution in [0.25, 0.3) is 0 Å². The number of carbonyl (C=O) groups is 1. The number of fused-ring (bicyclic) bond motifs is 1. The summed E-state index contributed by atoms with van der Waals surface area (Å²) >= 11 is 0. The van der Waals surface area contributed by atoms with Crippen LogP contribution in [-0.2, 0) is 0 Å². The molecule has 1 aromatic carbocycles. The number of hydrogen-bond acceptors (Lipinski definition) is 4. The van der Waals surface area contributed by atoms with Crippen molar-refractivity contribution in [1.82, 2.24) is 4.98 Å². The number of rotatable bonds is 2. The average molecular weight is 268 g/mol. The SMILES string of the molecule is CC(=O)c1ccc(N2CCCOc3ccccc32)nc1. The lowest BCUT2D eigenvalue weighted by atomic mass is 10.2. The predicted molar refractivity (Wildman–Crippen MR) is 77.8 cm³/mol. The predicted octanol–water partition coefficient (Wildman–Crippen LogP) is 3.20. The lowest BCUT2D eigenvalue weighted by Crippen LogP contribution is -2.18. The van der Waals surface area contributed by atoms with Crippen LogP contribution in [-0.4, -0.2) is 23.9 Å². The summed E-state index contributed by atoms with van der Waals surface area (Å²) in [6, 6.07) is 11.7. The highest BCUT2D eigenvalue weighted by Crippen LogP contribution is 2.34. The van der Waals surface area contributed by atoms with E-state index in [4.69, 9.17) is 4.74 Å². The lowest BCUT2D eigenvalue weighted by molar-refractivity contribution is 0.101. The number of ether oxygens (including phenoxy) is 1. The van der Waals surface area contributed by atoms with E-state index >= 15 is 0 Å². The number of pyridine rings is 1. The van der Waals surface area contributed by atoms with E-state index in [0.29, 0.717) is 12.2 Å². The van der Waals surface area contributed by atoms with Gasteiger partial charge >= 0.3 is 0 Å². The fraction of sp³-hybridized carbons (Fsp3) is 0.250. The molecule has 0 saturated carbocycles. The van der Waals surface area contributed by atoms with Gasteiger partial charge in [-0.05, 0) is 37.6 Å². The Bertz CT molecular complexity index is 623. The monoisotopic (exact) mass is 268 g/mol. The Morgan fingerprint density at radius 1 is 1.25 bits per heavy atom. The minimum atomic E-state index is 0.0312. The second-order valence-electron chi connectivity index (χ2n) is 4.78. The molecule has 102 valence electrons. The molecule has 3 rings (SSSR count). The molecule has 2 aromatic rings. The molecule has 0 unspecified atom stereocenters.